The quantitative estimate of drug-likeness (QED) is 0.760. The standard InChI is InChI=1S/C16H24ClNO/c1-3-5-6-13(4-2)12-18-16(19)11-14-7-9-15(17)10-8-14/h7-10,13H,3-6,11-12H2,1-2H3,(H,18,19)/t13-/m0/s1. The van der Waals surface area contributed by atoms with E-state index in [-0.39, 0.29) is 5.91 Å². The van der Waals surface area contributed by atoms with Crippen LogP contribution in [0.3, 0.4) is 0 Å². The summed E-state index contributed by atoms with van der Waals surface area (Å²) in [6, 6.07) is 7.44. The molecule has 0 aliphatic carbocycles. The van der Waals surface area contributed by atoms with Gasteiger partial charge < -0.3 is 5.32 Å². The van der Waals surface area contributed by atoms with Crippen molar-refractivity contribution in [2.24, 2.45) is 5.92 Å². The van der Waals surface area contributed by atoms with Crippen LogP contribution in [-0.4, -0.2) is 12.5 Å². The summed E-state index contributed by atoms with van der Waals surface area (Å²) in [7, 11) is 0. The summed E-state index contributed by atoms with van der Waals surface area (Å²) in [6.07, 6.45) is 5.22. The van der Waals surface area contributed by atoms with Gasteiger partial charge in [-0.05, 0) is 30.0 Å². The van der Waals surface area contributed by atoms with Crippen molar-refractivity contribution in [3.8, 4) is 0 Å². The maximum absolute atomic E-state index is 11.8. The molecule has 1 aromatic rings. The lowest BCUT2D eigenvalue weighted by atomic mass is 9.99. The molecule has 1 rings (SSSR count). The highest BCUT2D eigenvalue weighted by Gasteiger charge is 2.08. The molecule has 0 fully saturated rings. The van der Waals surface area contributed by atoms with Gasteiger partial charge in [-0.15, -0.1) is 0 Å². The van der Waals surface area contributed by atoms with Crippen molar-refractivity contribution >= 4 is 17.5 Å². The smallest absolute Gasteiger partial charge is 0.224 e. The molecule has 2 nitrogen and oxygen atoms in total. The zero-order valence-corrected chi connectivity index (χ0v) is 12.7. The number of hydrogen-bond donors (Lipinski definition) is 1. The SMILES string of the molecule is CCCC[C@H](CC)CNC(=O)Cc1ccc(Cl)cc1. The summed E-state index contributed by atoms with van der Waals surface area (Å²) in [6.45, 7) is 5.18. The molecule has 0 aliphatic rings. The summed E-state index contributed by atoms with van der Waals surface area (Å²) in [5.74, 6) is 0.700. The van der Waals surface area contributed by atoms with Gasteiger partial charge in [-0.1, -0.05) is 56.8 Å². The number of hydrogen-bond acceptors (Lipinski definition) is 1. The Bertz CT molecular complexity index is 375. The lowest BCUT2D eigenvalue weighted by Crippen LogP contribution is -2.30. The van der Waals surface area contributed by atoms with Gasteiger partial charge >= 0.3 is 0 Å². The molecule has 106 valence electrons. The van der Waals surface area contributed by atoms with Crippen molar-refractivity contribution < 1.29 is 4.79 Å². The van der Waals surface area contributed by atoms with Crippen LogP contribution in [-0.2, 0) is 11.2 Å². The molecule has 0 saturated heterocycles. The summed E-state index contributed by atoms with van der Waals surface area (Å²) in [5.41, 5.74) is 1.00. The van der Waals surface area contributed by atoms with Crippen molar-refractivity contribution in [1.29, 1.82) is 0 Å². The Morgan fingerprint density at radius 1 is 1.26 bits per heavy atom. The number of unbranched alkanes of at least 4 members (excludes halogenated alkanes) is 1. The van der Waals surface area contributed by atoms with E-state index in [1.807, 2.05) is 24.3 Å². The minimum atomic E-state index is 0.0947. The molecule has 0 spiro atoms. The van der Waals surface area contributed by atoms with Crippen molar-refractivity contribution in [1.82, 2.24) is 5.32 Å². The molecule has 0 radical (unpaired) electrons. The molecule has 0 bridgehead atoms. The maximum atomic E-state index is 11.8. The summed E-state index contributed by atoms with van der Waals surface area (Å²) < 4.78 is 0. The third kappa shape index (κ3) is 6.63. The van der Waals surface area contributed by atoms with E-state index in [1.165, 1.54) is 19.3 Å². The van der Waals surface area contributed by atoms with Gasteiger partial charge in [-0.25, -0.2) is 0 Å². The Kier molecular flexibility index (Phi) is 7.57. The third-order valence-electron chi connectivity index (χ3n) is 3.41. The molecule has 0 saturated carbocycles. The maximum Gasteiger partial charge on any atom is 0.224 e. The van der Waals surface area contributed by atoms with E-state index in [4.69, 9.17) is 11.6 Å². The second-order valence-electron chi connectivity index (χ2n) is 5.02. The number of amides is 1. The fourth-order valence-corrected chi connectivity index (χ4v) is 2.18. The van der Waals surface area contributed by atoms with Crippen LogP contribution >= 0.6 is 11.6 Å². The number of rotatable bonds is 8. The fraction of sp³-hybridized carbons (Fsp3) is 0.562. The number of nitrogens with one attached hydrogen (secondary N) is 1. The summed E-state index contributed by atoms with van der Waals surface area (Å²) in [4.78, 5) is 11.8. The topological polar surface area (TPSA) is 29.1 Å². The minimum absolute atomic E-state index is 0.0947. The minimum Gasteiger partial charge on any atom is -0.356 e. The molecule has 1 amide bonds. The van der Waals surface area contributed by atoms with Gasteiger partial charge in [0.2, 0.25) is 5.91 Å². The second-order valence-corrected chi connectivity index (χ2v) is 5.46. The summed E-state index contributed by atoms with van der Waals surface area (Å²) in [5, 5.41) is 3.74. The van der Waals surface area contributed by atoms with E-state index >= 15 is 0 Å². The number of halogens is 1. The number of benzene rings is 1. The van der Waals surface area contributed by atoms with E-state index < -0.39 is 0 Å². The summed E-state index contributed by atoms with van der Waals surface area (Å²) >= 11 is 5.82. The zero-order chi connectivity index (χ0) is 14.1. The van der Waals surface area contributed by atoms with E-state index in [2.05, 4.69) is 19.2 Å². The van der Waals surface area contributed by atoms with Crippen molar-refractivity contribution in [2.45, 2.75) is 46.0 Å². The monoisotopic (exact) mass is 281 g/mol. The van der Waals surface area contributed by atoms with Crippen molar-refractivity contribution in [3.63, 3.8) is 0 Å². The molecule has 3 heteroatoms. The highest BCUT2D eigenvalue weighted by molar-refractivity contribution is 6.30. The largest absolute Gasteiger partial charge is 0.356 e. The predicted octanol–water partition coefficient (Wildman–Crippen LogP) is 4.22. The van der Waals surface area contributed by atoms with Crippen molar-refractivity contribution in [2.75, 3.05) is 6.54 Å². The molecule has 1 aromatic carbocycles. The fourth-order valence-electron chi connectivity index (χ4n) is 2.05. The van der Waals surface area contributed by atoms with Crippen molar-refractivity contribution in [3.05, 3.63) is 34.9 Å². The van der Waals surface area contributed by atoms with E-state index in [1.54, 1.807) is 0 Å². The van der Waals surface area contributed by atoms with Gasteiger partial charge in [0.1, 0.15) is 0 Å². The lowest BCUT2D eigenvalue weighted by molar-refractivity contribution is -0.120. The van der Waals surface area contributed by atoms with Gasteiger partial charge in [0.15, 0.2) is 0 Å². The van der Waals surface area contributed by atoms with Crippen LogP contribution in [0.4, 0.5) is 0 Å². The Hall–Kier alpha value is -1.02. The Balaban J connectivity index is 2.32. The Labute approximate surface area is 121 Å². The van der Waals surface area contributed by atoms with Gasteiger partial charge in [-0.3, -0.25) is 4.79 Å². The first-order chi connectivity index (χ1) is 9.15. The van der Waals surface area contributed by atoms with E-state index in [0.717, 1.165) is 18.5 Å². The molecular formula is C16H24ClNO. The van der Waals surface area contributed by atoms with Crippen LogP contribution in [0, 0.1) is 5.92 Å². The normalized spacial score (nSPS) is 12.2. The molecular weight excluding hydrogens is 258 g/mol. The molecule has 19 heavy (non-hydrogen) atoms. The first-order valence-corrected chi connectivity index (χ1v) is 7.54. The van der Waals surface area contributed by atoms with E-state index in [0.29, 0.717) is 17.4 Å². The average Bonchev–Trinajstić information content (AvgIpc) is 2.42. The van der Waals surface area contributed by atoms with Crippen LogP contribution in [0.15, 0.2) is 24.3 Å². The van der Waals surface area contributed by atoms with Gasteiger partial charge in [0, 0.05) is 11.6 Å². The van der Waals surface area contributed by atoms with Crippen LogP contribution in [0.25, 0.3) is 0 Å². The average molecular weight is 282 g/mol. The molecule has 0 heterocycles. The molecule has 1 atom stereocenters. The predicted molar refractivity (Wildman–Crippen MR) is 81.5 cm³/mol. The molecule has 0 unspecified atom stereocenters. The van der Waals surface area contributed by atoms with Crippen LogP contribution < -0.4 is 5.32 Å². The van der Waals surface area contributed by atoms with Crippen LogP contribution in [0.1, 0.15) is 45.1 Å². The first kappa shape index (κ1) is 16.0. The highest BCUT2D eigenvalue weighted by Crippen LogP contribution is 2.12. The first-order valence-electron chi connectivity index (χ1n) is 7.16. The van der Waals surface area contributed by atoms with Crippen LogP contribution in [0.2, 0.25) is 5.02 Å². The van der Waals surface area contributed by atoms with Gasteiger partial charge in [0.25, 0.3) is 0 Å². The Morgan fingerprint density at radius 2 is 1.95 bits per heavy atom. The third-order valence-corrected chi connectivity index (χ3v) is 3.66. The highest BCUT2D eigenvalue weighted by atomic mass is 35.5. The number of carbonyl (C=O) groups excluding carboxylic acids is 1. The molecule has 1 N–H and O–H groups in total. The van der Waals surface area contributed by atoms with Gasteiger partial charge in [0.05, 0.1) is 6.42 Å². The van der Waals surface area contributed by atoms with Gasteiger partial charge in [-0.2, -0.15) is 0 Å². The van der Waals surface area contributed by atoms with Crippen LogP contribution in [0.5, 0.6) is 0 Å². The Morgan fingerprint density at radius 3 is 2.53 bits per heavy atom. The molecule has 0 aliphatic heterocycles. The zero-order valence-electron chi connectivity index (χ0n) is 11.9. The van der Waals surface area contributed by atoms with E-state index in [9.17, 15) is 4.79 Å². The number of carbonyl (C=O) groups is 1. The second kappa shape index (κ2) is 8.98. The lowest BCUT2D eigenvalue weighted by Gasteiger charge is -2.15. The molecule has 0 aromatic heterocycles.